The van der Waals surface area contributed by atoms with Crippen molar-refractivity contribution >= 4 is 22.7 Å². The number of rotatable bonds is 9. The lowest BCUT2D eigenvalue weighted by atomic mass is 10.2. The number of unbranched alkanes of at least 4 members (excludes halogenated alkanes) is 2. The number of methoxy groups -OCH3 is 1. The van der Waals surface area contributed by atoms with Gasteiger partial charge in [-0.15, -0.1) is 11.3 Å². The van der Waals surface area contributed by atoms with E-state index >= 15 is 0 Å². The summed E-state index contributed by atoms with van der Waals surface area (Å²) >= 11 is 1.53. The number of nitrogens with one attached hydrogen (secondary N) is 1. The molecular weight excluding hydrogens is 310 g/mol. The van der Waals surface area contributed by atoms with Gasteiger partial charge in [0.2, 0.25) is 5.13 Å². The van der Waals surface area contributed by atoms with Gasteiger partial charge in [-0.25, -0.2) is 4.98 Å². The highest BCUT2D eigenvalue weighted by atomic mass is 32.1. The van der Waals surface area contributed by atoms with Crippen LogP contribution in [0.3, 0.4) is 0 Å². The minimum absolute atomic E-state index is 0.711. The second-order valence-corrected chi connectivity index (χ2v) is 5.99. The van der Waals surface area contributed by atoms with Gasteiger partial charge < -0.3 is 9.47 Å². The minimum atomic E-state index is 0.711. The second kappa shape index (κ2) is 9.15. The number of thiazole rings is 1. The molecule has 0 unspecified atom stereocenters. The number of benzene rings is 1. The van der Waals surface area contributed by atoms with E-state index in [1.54, 1.807) is 13.3 Å². The van der Waals surface area contributed by atoms with Crippen LogP contribution in [0.1, 0.15) is 37.4 Å². The molecule has 0 amide bonds. The van der Waals surface area contributed by atoms with Crippen LogP contribution in [0, 0.1) is 6.92 Å². The molecule has 1 aromatic heterocycles. The maximum Gasteiger partial charge on any atom is 0.203 e. The summed E-state index contributed by atoms with van der Waals surface area (Å²) in [5.74, 6) is 1.49. The lowest BCUT2D eigenvalue weighted by Gasteiger charge is -2.11. The van der Waals surface area contributed by atoms with Crippen molar-refractivity contribution in [1.29, 1.82) is 0 Å². The van der Waals surface area contributed by atoms with E-state index in [9.17, 15) is 0 Å². The van der Waals surface area contributed by atoms with Crippen LogP contribution in [0.4, 0.5) is 5.13 Å². The number of hydrogen-bond acceptors (Lipinski definition) is 6. The Balaban J connectivity index is 1.94. The van der Waals surface area contributed by atoms with Crippen LogP contribution in [0.5, 0.6) is 11.5 Å². The quantitative estimate of drug-likeness (QED) is 0.418. The Morgan fingerprint density at radius 3 is 2.87 bits per heavy atom. The van der Waals surface area contributed by atoms with Gasteiger partial charge in [-0.3, -0.25) is 5.43 Å². The average Bonchev–Trinajstić information content (AvgIpc) is 2.97. The molecule has 0 aliphatic carbocycles. The maximum absolute atomic E-state index is 5.77. The standard InChI is InChI=1S/C17H23N3O2S/c1-4-5-6-9-22-15-8-7-14(10-16(15)21-3)11-18-20-17-19-13(2)12-23-17/h7-8,10-12H,4-6,9H2,1-3H3,(H,19,20). The predicted octanol–water partition coefficient (Wildman–Crippen LogP) is 4.48. The topological polar surface area (TPSA) is 55.7 Å². The van der Waals surface area contributed by atoms with Gasteiger partial charge in [-0.1, -0.05) is 19.8 Å². The van der Waals surface area contributed by atoms with Crippen LogP contribution in [-0.4, -0.2) is 24.9 Å². The molecule has 1 heterocycles. The summed E-state index contributed by atoms with van der Waals surface area (Å²) in [5, 5.41) is 6.95. The molecule has 1 N–H and O–H groups in total. The van der Waals surface area contributed by atoms with Crippen molar-refractivity contribution in [2.75, 3.05) is 19.1 Å². The first-order valence-corrected chi connectivity index (χ1v) is 8.63. The van der Waals surface area contributed by atoms with Crippen molar-refractivity contribution in [1.82, 2.24) is 4.98 Å². The summed E-state index contributed by atoms with van der Waals surface area (Å²) < 4.78 is 11.2. The maximum atomic E-state index is 5.77. The third kappa shape index (κ3) is 5.56. The van der Waals surface area contributed by atoms with Gasteiger partial charge >= 0.3 is 0 Å². The molecule has 0 saturated heterocycles. The van der Waals surface area contributed by atoms with E-state index in [1.807, 2.05) is 30.5 Å². The average molecular weight is 333 g/mol. The Labute approximate surface area is 141 Å². The Morgan fingerprint density at radius 2 is 2.17 bits per heavy atom. The molecule has 1 aromatic carbocycles. The molecule has 0 saturated carbocycles. The largest absolute Gasteiger partial charge is 0.493 e. The molecule has 2 aromatic rings. The molecule has 23 heavy (non-hydrogen) atoms. The molecule has 0 aliphatic rings. The zero-order valence-electron chi connectivity index (χ0n) is 13.8. The van der Waals surface area contributed by atoms with Crippen LogP contribution in [0.15, 0.2) is 28.7 Å². The van der Waals surface area contributed by atoms with Gasteiger partial charge in [0.05, 0.1) is 25.6 Å². The molecule has 6 heteroatoms. The molecule has 0 aliphatic heterocycles. The van der Waals surface area contributed by atoms with Gasteiger partial charge in [0.1, 0.15) is 0 Å². The molecule has 0 bridgehead atoms. The van der Waals surface area contributed by atoms with E-state index in [1.165, 1.54) is 24.2 Å². The van der Waals surface area contributed by atoms with E-state index < -0.39 is 0 Å². The van der Waals surface area contributed by atoms with Crippen molar-refractivity contribution in [2.24, 2.45) is 5.10 Å². The number of anilines is 1. The summed E-state index contributed by atoms with van der Waals surface area (Å²) in [6.45, 7) is 4.84. The van der Waals surface area contributed by atoms with E-state index in [4.69, 9.17) is 9.47 Å². The van der Waals surface area contributed by atoms with Crippen molar-refractivity contribution < 1.29 is 9.47 Å². The molecule has 2 rings (SSSR count). The highest BCUT2D eigenvalue weighted by Gasteiger charge is 2.05. The van der Waals surface area contributed by atoms with E-state index in [2.05, 4.69) is 22.4 Å². The predicted molar refractivity (Wildman–Crippen MR) is 96.1 cm³/mol. The molecule has 0 fully saturated rings. The van der Waals surface area contributed by atoms with Crippen molar-refractivity contribution in [3.05, 3.63) is 34.8 Å². The second-order valence-electron chi connectivity index (χ2n) is 5.13. The Bertz CT molecular complexity index is 641. The number of aryl methyl sites for hydroxylation is 1. The van der Waals surface area contributed by atoms with E-state index in [0.717, 1.165) is 34.3 Å². The Hall–Kier alpha value is -2.08. The molecule has 0 atom stereocenters. The summed E-state index contributed by atoms with van der Waals surface area (Å²) in [6.07, 6.45) is 5.15. The Kier molecular flexibility index (Phi) is 6.87. The highest BCUT2D eigenvalue weighted by molar-refractivity contribution is 7.13. The molecule has 124 valence electrons. The number of hydrogen-bond donors (Lipinski definition) is 1. The minimum Gasteiger partial charge on any atom is -0.493 e. The Morgan fingerprint density at radius 1 is 1.30 bits per heavy atom. The van der Waals surface area contributed by atoms with Gasteiger partial charge in [0.15, 0.2) is 11.5 Å². The monoisotopic (exact) mass is 333 g/mol. The number of hydrazone groups is 1. The van der Waals surface area contributed by atoms with Crippen LogP contribution >= 0.6 is 11.3 Å². The van der Waals surface area contributed by atoms with Gasteiger partial charge in [-0.05, 0) is 37.1 Å². The molecule has 5 nitrogen and oxygen atoms in total. The van der Waals surface area contributed by atoms with Gasteiger partial charge in [0.25, 0.3) is 0 Å². The van der Waals surface area contributed by atoms with Crippen molar-refractivity contribution in [3.63, 3.8) is 0 Å². The smallest absolute Gasteiger partial charge is 0.203 e. The van der Waals surface area contributed by atoms with E-state index in [-0.39, 0.29) is 0 Å². The van der Waals surface area contributed by atoms with Crippen LogP contribution in [0.25, 0.3) is 0 Å². The molecule has 0 spiro atoms. The van der Waals surface area contributed by atoms with Crippen LogP contribution in [0.2, 0.25) is 0 Å². The van der Waals surface area contributed by atoms with Gasteiger partial charge in [-0.2, -0.15) is 5.10 Å². The van der Waals surface area contributed by atoms with E-state index in [0.29, 0.717) is 6.61 Å². The normalized spacial score (nSPS) is 10.9. The first-order chi connectivity index (χ1) is 11.2. The summed E-state index contributed by atoms with van der Waals surface area (Å²) in [4.78, 5) is 4.29. The fraction of sp³-hybridized carbons (Fsp3) is 0.412. The number of nitrogens with zero attached hydrogens (tertiary/aromatic N) is 2. The molecular formula is C17H23N3O2S. The van der Waals surface area contributed by atoms with Crippen LogP contribution in [-0.2, 0) is 0 Å². The summed E-state index contributed by atoms with van der Waals surface area (Å²) in [7, 11) is 1.64. The number of aromatic nitrogens is 1. The number of ether oxygens (including phenoxy) is 2. The van der Waals surface area contributed by atoms with Crippen LogP contribution < -0.4 is 14.9 Å². The fourth-order valence-corrected chi connectivity index (χ4v) is 2.62. The van der Waals surface area contributed by atoms with Crippen molar-refractivity contribution in [2.45, 2.75) is 33.1 Å². The summed E-state index contributed by atoms with van der Waals surface area (Å²) in [6, 6.07) is 5.78. The third-order valence-electron chi connectivity index (χ3n) is 3.19. The first kappa shape index (κ1) is 17.3. The first-order valence-electron chi connectivity index (χ1n) is 7.75. The van der Waals surface area contributed by atoms with Crippen molar-refractivity contribution in [3.8, 4) is 11.5 Å². The lowest BCUT2D eigenvalue weighted by molar-refractivity contribution is 0.286. The van der Waals surface area contributed by atoms with Gasteiger partial charge in [0, 0.05) is 5.38 Å². The highest BCUT2D eigenvalue weighted by Crippen LogP contribution is 2.27. The zero-order valence-corrected chi connectivity index (χ0v) is 14.7. The zero-order chi connectivity index (χ0) is 16.5. The lowest BCUT2D eigenvalue weighted by Crippen LogP contribution is -2.00. The summed E-state index contributed by atoms with van der Waals surface area (Å²) in [5.41, 5.74) is 4.84. The molecule has 0 radical (unpaired) electrons. The SMILES string of the molecule is CCCCCOc1ccc(C=NNc2nc(C)cs2)cc1OC. The third-order valence-corrected chi connectivity index (χ3v) is 4.05. The fourth-order valence-electron chi connectivity index (χ4n) is 1.99.